The van der Waals surface area contributed by atoms with Gasteiger partial charge < -0.3 is 30.7 Å². The van der Waals surface area contributed by atoms with Crippen molar-refractivity contribution in [2.45, 2.75) is 32.7 Å². The van der Waals surface area contributed by atoms with Crippen molar-refractivity contribution >= 4 is 29.2 Å². The molecule has 4 N–H and O–H groups in total. The molecule has 0 aromatic heterocycles. The largest absolute Gasteiger partial charge is 0.495 e. The first-order valence-electron chi connectivity index (χ1n) is 13.5. The molecule has 1 saturated heterocycles. The van der Waals surface area contributed by atoms with Crippen LogP contribution in [0.15, 0.2) is 53.2 Å². The Morgan fingerprint density at radius 1 is 1.18 bits per heavy atom. The first kappa shape index (κ1) is 29.8. The SMILES string of the molecule is COCCN=C/C(=C\N)c1ccc(NCC#C/C(C)=C/c2c(C)cccc2NC2CCN(C)CC2)c(OC)c1. The summed E-state index contributed by atoms with van der Waals surface area (Å²) in [5.74, 6) is 7.26. The third-order valence-electron chi connectivity index (χ3n) is 6.79. The summed E-state index contributed by atoms with van der Waals surface area (Å²) >= 11 is 0. The van der Waals surface area contributed by atoms with Crippen LogP contribution in [0.3, 0.4) is 0 Å². The van der Waals surface area contributed by atoms with E-state index in [9.17, 15) is 0 Å². The summed E-state index contributed by atoms with van der Waals surface area (Å²) in [6.45, 7) is 8.12. The molecule has 208 valence electrons. The Balaban J connectivity index is 1.65. The molecule has 1 aliphatic heterocycles. The van der Waals surface area contributed by atoms with E-state index >= 15 is 0 Å². The van der Waals surface area contributed by atoms with Gasteiger partial charge in [0.05, 0.1) is 32.5 Å². The molecule has 2 aromatic carbocycles. The van der Waals surface area contributed by atoms with Crippen LogP contribution in [0.1, 0.15) is 36.5 Å². The fourth-order valence-corrected chi connectivity index (χ4v) is 4.48. The van der Waals surface area contributed by atoms with E-state index in [1.807, 2.05) is 18.2 Å². The van der Waals surface area contributed by atoms with Crippen molar-refractivity contribution in [1.82, 2.24) is 4.90 Å². The number of hydrogen-bond acceptors (Lipinski definition) is 7. The van der Waals surface area contributed by atoms with Crippen molar-refractivity contribution in [3.05, 3.63) is 64.9 Å². The van der Waals surface area contributed by atoms with Crippen LogP contribution < -0.4 is 21.1 Å². The third kappa shape index (κ3) is 9.20. The lowest BCUT2D eigenvalue weighted by Gasteiger charge is -2.30. The third-order valence-corrected chi connectivity index (χ3v) is 6.79. The van der Waals surface area contributed by atoms with Crippen LogP contribution in [-0.2, 0) is 4.74 Å². The van der Waals surface area contributed by atoms with Crippen molar-refractivity contribution in [1.29, 1.82) is 0 Å². The van der Waals surface area contributed by atoms with Gasteiger partial charge in [0.15, 0.2) is 0 Å². The molecule has 1 fully saturated rings. The van der Waals surface area contributed by atoms with Crippen LogP contribution in [0, 0.1) is 18.8 Å². The number of nitrogens with zero attached hydrogens (tertiary/aromatic N) is 2. The number of hydrogen-bond donors (Lipinski definition) is 3. The maximum atomic E-state index is 5.83. The molecule has 1 heterocycles. The van der Waals surface area contributed by atoms with E-state index in [2.05, 4.69) is 77.5 Å². The molecule has 0 atom stereocenters. The Hall–Kier alpha value is -3.73. The van der Waals surface area contributed by atoms with Crippen molar-refractivity contribution in [2.75, 3.05) is 64.7 Å². The maximum Gasteiger partial charge on any atom is 0.142 e. The van der Waals surface area contributed by atoms with Gasteiger partial charge in [-0.15, -0.1) is 0 Å². The van der Waals surface area contributed by atoms with Gasteiger partial charge in [0.1, 0.15) is 5.75 Å². The molecule has 0 spiro atoms. The molecule has 1 aliphatic rings. The lowest BCUT2D eigenvalue weighted by atomic mass is 10.0. The van der Waals surface area contributed by atoms with Crippen LogP contribution in [0.4, 0.5) is 11.4 Å². The van der Waals surface area contributed by atoms with Crippen LogP contribution in [0.2, 0.25) is 0 Å². The molecule has 0 radical (unpaired) electrons. The minimum absolute atomic E-state index is 0.493. The van der Waals surface area contributed by atoms with E-state index in [0.29, 0.717) is 25.7 Å². The van der Waals surface area contributed by atoms with Crippen molar-refractivity contribution in [2.24, 2.45) is 10.7 Å². The van der Waals surface area contributed by atoms with Crippen molar-refractivity contribution in [3.63, 3.8) is 0 Å². The van der Waals surface area contributed by atoms with E-state index in [1.54, 1.807) is 26.6 Å². The van der Waals surface area contributed by atoms with E-state index in [4.69, 9.17) is 15.2 Å². The highest BCUT2D eigenvalue weighted by Gasteiger charge is 2.17. The number of benzene rings is 2. The molecule has 0 bridgehead atoms. The predicted octanol–water partition coefficient (Wildman–Crippen LogP) is 5.05. The highest BCUT2D eigenvalue weighted by atomic mass is 16.5. The number of aryl methyl sites for hydroxylation is 1. The Kier molecular flexibility index (Phi) is 11.9. The quantitative estimate of drug-likeness (QED) is 0.215. The fourth-order valence-electron chi connectivity index (χ4n) is 4.48. The highest BCUT2D eigenvalue weighted by molar-refractivity contribution is 6.09. The Morgan fingerprint density at radius 2 is 1.97 bits per heavy atom. The summed E-state index contributed by atoms with van der Waals surface area (Å²) in [5.41, 5.74) is 13.1. The van der Waals surface area contributed by atoms with Gasteiger partial charge in [0.2, 0.25) is 0 Å². The second kappa shape index (κ2) is 15.6. The molecule has 0 amide bonds. The maximum absolute atomic E-state index is 5.83. The van der Waals surface area contributed by atoms with Crippen LogP contribution in [0.5, 0.6) is 5.75 Å². The molecule has 7 heteroatoms. The molecular formula is C32H43N5O2. The monoisotopic (exact) mass is 529 g/mol. The molecule has 0 saturated carbocycles. The van der Waals surface area contributed by atoms with Gasteiger partial charge in [-0.2, -0.15) is 0 Å². The zero-order valence-corrected chi connectivity index (χ0v) is 24.0. The average molecular weight is 530 g/mol. The number of anilines is 2. The Bertz CT molecular complexity index is 1230. The second-order valence-corrected chi connectivity index (χ2v) is 9.81. The van der Waals surface area contributed by atoms with Crippen molar-refractivity contribution < 1.29 is 9.47 Å². The van der Waals surface area contributed by atoms with Gasteiger partial charge in [-0.05, 0) is 87.8 Å². The minimum Gasteiger partial charge on any atom is -0.495 e. The summed E-state index contributed by atoms with van der Waals surface area (Å²) in [6, 6.07) is 12.9. The topological polar surface area (TPSA) is 84.1 Å². The smallest absolute Gasteiger partial charge is 0.142 e. The fraction of sp³-hybridized carbons (Fsp3) is 0.406. The van der Waals surface area contributed by atoms with Crippen LogP contribution >= 0.6 is 0 Å². The first-order chi connectivity index (χ1) is 18.9. The molecule has 0 aliphatic carbocycles. The van der Waals surface area contributed by atoms with Gasteiger partial charge >= 0.3 is 0 Å². The number of rotatable bonds is 11. The Labute approximate surface area is 234 Å². The van der Waals surface area contributed by atoms with E-state index < -0.39 is 0 Å². The average Bonchev–Trinajstić information content (AvgIpc) is 2.94. The van der Waals surface area contributed by atoms with Gasteiger partial charge in [-0.3, -0.25) is 4.99 Å². The second-order valence-electron chi connectivity index (χ2n) is 9.81. The lowest BCUT2D eigenvalue weighted by Crippen LogP contribution is -2.36. The van der Waals surface area contributed by atoms with E-state index in [0.717, 1.165) is 54.1 Å². The highest BCUT2D eigenvalue weighted by Crippen LogP contribution is 2.28. The molecule has 7 nitrogen and oxygen atoms in total. The van der Waals surface area contributed by atoms with E-state index in [1.165, 1.54) is 16.8 Å². The molecule has 2 aromatic rings. The van der Waals surface area contributed by atoms with E-state index in [-0.39, 0.29) is 0 Å². The molecular weight excluding hydrogens is 486 g/mol. The lowest BCUT2D eigenvalue weighted by molar-refractivity contribution is 0.208. The minimum atomic E-state index is 0.493. The molecule has 39 heavy (non-hydrogen) atoms. The number of aliphatic imine (C=N–C) groups is 1. The predicted molar refractivity (Wildman–Crippen MR) is 166 cm³/mol. The zero-order chi connectivity index (χ0) is 28.0. The first-order valence-corrected chi connectivity index (χ1v) is 13.5. The number of piperidine rings is 1. The summed E-state index contributed by atoms with van der Waals surface area (Å²) in [5, 5.41) is 7.14. The number of methoxy groups -OCH3 is 2. The number of ether oxygens (including phenoxy) is 2. The zero-order valence-electron chi connectivity index (χ0n) is 24.0. The number of nitrogens with two attached hydrogens (primary N) is 1. The summed E-state index contributed by atoms with van der Waals surface area (Å²) < 4.78 is 10.6. The van der Waals surface area contributed by atoms with Gasteiger partial charge in [0.25, 0.3) is 0 Å². The summed E-state index contributed by atoms with van der Waals surface area (Å²) in [6.07, 6.45) is 7.80. The normalized spacial score (nSPS) is 15.2. The molecule has 3 rings (SSSR count). The summed E-state index contributed by atoms with van der Waals surface area (Å²) in [7, 11) is 5.50. The van der Waals surface area contributed by atoms with Crippen molar-refractivity contribution in [3.8, 4) is 17.6 Å². The standard InChI is InChI=1S/C32H43N5O2/c1-24(20-29-25(2)9-6-10-30(29)36-28-13-17-37(3)18-14-28)8-7-15-35-31-12-11-26(21-32(31)39-5)27(22-33)23-34-16-19-38-4/h6,9-12,20-23,28,35-36H,13-19,33H2,1-5H3/b24-20+,27-22+,34-23?. The van der Waals surface area contributed by atoms with Crippen LogP contribution in [0.25, 0.3) is 11.6 Å². The van der Waals surface area contributed by atoms with Gasteiger partial charge in [-0.25, -0.2) is 0 Å². The number of nitrogens with one attached hydrogen (secondary N) is 2. The summed E-state index contributed by atoms with van der Waals surface area (Å²) in [4.78, 5) is 6.74. The Morgan fingerprint density at radius 3 is 2.69 bits per heavy atom. The van der Waals surface area contributed by atoms with Gasteiger partial charge in [0, 0.05) is 42.4 Å². The van der Waals surface area contributed by atoms with Crippen LogP contribution in [-0.4, -0.2) is 71.2 Å². The number of allylic oxidation sites excluding steroid dienone is 2. The van der Waals surface area contributed by atoms with Gasteiger partial charge in [-0.1, -0.05) is 30.0 Å². The molecule has 0 unspecified atom stereocenters. The number of likely N-dealkylation sites (tertiary alicyclic amines) is 1.